The van der Waals surface area contributed by atoms with Gasteiger partial charge < -0.3 is 15.7 Å². The Labute approximate surface area is 159 Å². The molecule has 5 heteroatoms. The minimum Gasteiger partial charge on any atom is -0.481 e. The molecule has 27 heavy (non-hydrogen) atoms. The maximum absolute atomic E-state index is 12.4. The van der Waals surface area contributed by atoms with Crippen LogP contribution in [0, 0.1) is 12.8 Å². The zero-order valence-electron chi connectivity index (χ0n) is 15.6. The topological polar surface area (TPSA) is 78.4 Å². The van der Waals surface area contributed by atoms with Crippen LogP contribution in [-0.2, 0) is 11.3 Å². The lowest BCUT2D eigenvalue weighted by Gasteiger charge is -2.27. The second-order valence-corrected chi connectivity index (χ2v) is 7.29. The Kier molecular flexibility index (Phi) is 6.24. The maximum Gasteiger partial charge on any atom is 0.306 e. The number of hydrogen-bond acceptors (Lipinski definition) is 3. The van der Waals surface area contributed by atoms with Crippen molar-refractivity contribution in [1.29, 1.82) is 0 Å². The molecular weight excluding hydrogens is 340 g/mol. The average Bonchev–Trinajstić information content (AvgIpc) is 2.67. The van der Waals surface area contributed by atoms with Gasteiger partial charge in [0.2, 0.25) is 0 Å². The van der Waals surface area contributed by atoms with Crippen molar-refractivity contribution in [3.8, 4) is 0 Å². The van der Waals surface area contributed by atoms with E-state index in [4.69, 9.17) is 5.11 Å². The van der Waals surface area contributed by atoms with E-state index < -0.39 is 5.97 Å². The first-order chi connectivity index (χ1) is 13.0. The van der Waals surface area contributed by atoms with Gasteiger partial charge in [-0.1, -0.05) is 29.8 Å². The van der Waals surface area contributed by atoms with Gasteiger partial charge in [-0.25, -0.2) is 0 Å². The van der Waals surface area contributed by atoms with Crippen molar-refractivity contribution in [3.05, 3.63) is 65.2 Å². The minimum atomic E-state index is -0.675. The summed E-state index contributed by atoms with van der Waals surface area (Å²) < 4.78 is 0. The summed E-state index contributed by atoms with van der Waals surface area (Å²) in [6.45, 7) is 2.70. The van der Waals surface area contributed by atoms with Gasteiger partial charge in [0.25, 0.3) is 5.91 Å². The fourth-order valence-electron chi connectivity index (χ4n) is 3.47. The van der Waals surface area contributed by atoms with Gasteiger partial charge in [-0.2, -0.15) is 0 Å². The number of rotatable bonds is 6. The predicted octanol–water partition coefficient (Wildman–Crippen LogP) is 3.98. The van der Waals surface area contributed by atoms with E-state index >= 15 is 0 Å². The molecule has 0 aliphatic heterocycles. The number of nitrogens with one attached hydrogen (secondary N) is 2. The highest BCUT2D eigenvalue weighted by molar-refractivity contribution is 6.04. The van der Waals surface area contributed by atoms with E-state index in [0.717, 1.165) is 42.5 Å². The van der Waals surface area contributed by atoms with E-state index in [0.29, 0.717) is 18.2 Å². The van der Waals surface area contributed by atoms with Crippen LogP contribution in [0.2, 0.25) is 0 Å². The number of aryl methyl sites for hydroxylation is 1. The molecule has 1 aliphatic rings. The molecule has 0 radical (unpaired) electrons. The van der Waals surface area contributed by atoms with Crippen LogP contribution in [0.4, 0.5) is 5.69 Å². The molecule has 0 atom stereocenters. The Bertz CT molecular complexity index is 793. The zero-order chi connectivity index (χ0) is 19.2. The third-order valence-electron chi connectivity index (χ3n) is 5.17. The number of carbonyl (C=O) groups excluding carboxylic acids is 1. The number of hydrogen-bond donors (Lipinski definition) is 3. The Hall–Kier alpha value is -2.66. The monoisotopic (exact) mass is 366 g/mol. The Balaban J connectivity index is 1.52. The Morgan fingerprint density at radius 2 is 1.74 bits per heavy atom. The highest BCUT2D eigenvalue weighted by atomic mass is 16.4. The molecule has 1 amide bonds. The number of carboxylic acid groups (broad SMARTS) is 1. The van der Waals surface area contributed by atoms with Crippen LogP contribution in [0.3, 0.4) is 0 Å². The smallest absolute Gasteiger partial charge is 0.306 e. The van der Waals surface area contributed by atoms with Gasteiger partial charge in [0.05, 0.1) is 5.92 Å². The van der Waals surface area contributed by atoms with Crippen molar-refractivity contribution in [2.24, 2.45) is 5.92 Å². The molecule has 142 valence electrons. The molecule has 0 spiro atoms. The molecular formula is C22H26N2O3. The molecule has 3 N–H and O–H groups in total. The van der Waals surface area contributed by atoms with Crippen LogP contribution in [0.1, 0.15) is 47.2 Å². The molecule has 0 heterocycles. The van der Waals surface area contributed by atoms with Crippen LogP contribution in [0.15, 0.2) is 48.5 Å². The van der Waals surface area contributed by atoms with Crippen molar-refractivity contribution in [2.45, 2.75) is 45.2 Å². The number of carboxylic acids is 1. The first-order valence-electron chi connectivity index (χ1n) is 9.44. The Morgan fingerprint density at radius 1 is 1.04 bits per heavy atom. The fraction of sp³-hybridized carbons (Fsp3) is 0.364. The van der Waals surface area contributed by atoms with Gasteiger partial charge in [-0.3, -0.25) is 9.59 Å². The standard InChI is InChI=1S/C22H26N2O3/c1-15-5-7-17(8-6-15)21(25)24-20-4-2-3-16(13-20)14-23-19-11-9-18(10-12-19)22(26)27/h2-8,13,18-19,23H,9-12,14H2,1H3,(H,24,25)(H,26,27). The summed E-state index contributed by atoms with van der Waals surface area (Å²) in [5.74, 6) is -0.985. The molecule has 2 aromatic rings. The largest absolute Gasteiger partial charge is 0.481 e. The van der Waals surface area contributed by atoms with Crippen molar-refractivity contribution in [2.75, 3.05) is 5.32 Å². The normalized spacial score (nSPS) is 19.4. The molecule has 0 saturated heterocycles. The first kappa shape index (κ1) is 19.1. The highest BCUT2D eigenvalue weighted by Gasteiger charge is 2.25. The van der Waals surface area contributed by atoms with Crippen LogP contribution in [0.25, 0.3) is 0 Å². The second kappa shape index (κ2) is 8.82. The van der Waals surface area contributed by atoms with Gasteiger partial charge in [-0.15, -0.1) is 0 Å². The maximum atomic E-state index is 12.4. The second-order valence-electron chi connectivity index (χ2n) is 7.29. The molecule has 1 fully saturated rings. The number of carbonyl (C=O) groups is 2. The average molecular weight is 366 g/mol. The van der Waals surface area contributed by atoms with Crippen molar-refractivity contribution in [1.82, 2.24) is 5.32 Å². The summed E-state index contributed by atoms with van der Waals surface area (Å²) in [6.07, 6.45) is 3.25. The molecule has 5 nitrogen and oxygen atoms in total. The van der Waals surface area contributed by atoms with E-state index in [1.54, 1.807) is 0 Å². The summed E-state index contributed by atoms with van der Waals surface area (Å²) in [6, 6.07) is 15.7. The number of amides is 1. The van der Waals surface area contributed by atoms with E-state index in [-0.39, 0.29) is 11.8 Å². The number of anilines is 1. The summed E-state index contributed by atoms with van der Waals surface area (Å²) in [7, 11) is 0. The van der Waals surface area contributed by atoms with E-state index in [2.05, 4.69) is 10.6 Å². The van der Waals surface area contributed by atoms with E-state index in [1.807, 2.05) is 55.5 Å². The number of benzene rings is 2. The summed E-state index contributed by atoms with van der Waals surface area (Å²) >= 11 is 0. The molecule has 2 aromatic carbocycles. The quantitative estimate of drug-likeness (QED) is 0.722. The summed E-state index contributed by atoms with van der Waals surface area (Å²) in [5, 5.41) is 15.5. The fourth-order valence-corrected chi connectivity index (χ4v) is 3.47. The molecule has 0 unspecified atom stereocenters. The summed E-state index contributed by atoms with van der Waals surface area (Å²) in [5.41, 5.74) is 3.63. The number of aliphatic carboxylic acids is 1. The highest BCUT2D eigenvalue weighted by Crippen LogP contribution is 2.24. The van der Waals surface area contributed by atoms with Gasteiger partial charge >= 0.3 is 5.97 Å². The predicted molar refractivity (Wildman–Crippen MR) is 106 cm³/mol. The third kappa shape index (κ3) is 5.41. The lowest BCUT2D eigenvalue weighted by Crippen LogP contribution is -2.34. The molecule has 1 aliphatic carbocycles. The van der Waals surface area contributed by atoms with Gasteiger partial charge in [-0.05, 0) is 62.4 Å². The molecule has 0 bridgehead atoms. The first-order valence-corrected chi connectivity index (χ1v) is 9.44. The van der Waals surface area contributed by atoms with Crippen LogP contribution < -0.4 is 10.6 Å². The molecule has 0 aromatic heterocycles. The lowest BCUT2D eigenvalue weighted by atomic mass is 9.86. The van der Waals surface area contributed by atoms with Crippen molar-refractivity contribution >= 4 is 17.6 Å². The zero-order valence-corrected chi connectivity index (χ0v) is 15.6. The minimum absolute atomic E-state index is 0.118. The van der Waals surface area contributed by atoms with Gasteiger partial charge in [0, 0.05) is 23.8 Å². The third-order valence-corrected chi connectivity index (χ3v) is 5.17. The Morgan fingerprint density at radius 3 is 2.41 bits per heavy atom. The molecule has 3 rings (SSSR count). The molecule has 1 saturated carbocycles. The SMILES string of the molecule is Cc1ccc(C(=O)Nc2cccc(CNC3CCC(C(=O)O)CC3)c2)cc1. The lowest BCUT2D eigenvalue weighted by molar-refractivity contribution is -0.142. The van der Waals surface area contributed by atoms with Crippen LogP contribution >= 0.6 is 0 Å². The van der Waals surface area contributed by atoms with Crippen LogP contribution in [0.5, 0.6) is 0 Å². The van der Waals surface area contributed by atoms with Gasteiger partial charge in [0.15, 0.2) is 0 Å². The van der Waals surface area contributed by atoms with Gasteiger partial charge in [0.1, 0.15) is 0 Å². The van der Waals surface area contributed by atoms with Crippen molar-refractivity contribution < 1.29 is 14.7 Å². The van der Waals surface area contributed by atoms with Crippen LogP contribution in [-0.4, -0.2) is 23.0 Å². The van der Waals surface area contributed by atoms with E-state index in [9.17, 15) is 9.59 Å². The van der Waals surface area contributed by atoms with E-state index in [1.165, 1.54) is 0 Å². The van der Waals surface area contributed by atoms with Crippen molar-refractivity contribution in [3.63, 3.8) is 0 Å². The summed E-state index contributed by atoms with van der Waals surface area (Å²) in [4.78, 5) is 23.4.